The number of likely N-dealkylation sites (tertiary alicyclic amines) is 1. The Balaban J connectivity index is 1.36. The van der Waals surface area contributed by atoms with Crippen molar-refractivity contribution in [3.05, 3.63) is 88.9 Å². The van der Waals surface area contributed by atoms with E-state index in [0.717, 1.165) is 42.7 Å². The molecule has 276 valence electrons. The first-order valence-electron chi connectivity index (χ1n) is 18.0. The van der Waals surface area contributed by atoms with Gasteiger partial charge in [-0.3, -0.25) is 9.59 Å². The number of carbonyl (C=O) groups is 2. The van der Waals surface area contributed by atoms with Crippen molar-refractivity contribution in [3.8, 4) is 23.1 Å². The summed E-state index contributed by atoms with van der Waals surface area (Å²) in [5.74, 6) is -0.175. The molecule has 0 unspecified atom stereocenters. The minimum atomic E-state index is -0.520. The van der Waals surface area contributed by atoms with Crippen LogP contribution < -0.4 is 24.8 Å². The Kier molecular flexibility index (Phi) is 13.4. The molecule has 0 saturated carbocycles. The zero-order valence-electron chi connectivity index (χ0n) is 30.8. The summed E-state index contributed by atoms with van der Waals surface area (Å²) in [6.45, 7) is 12.5. The second kappa shape index (κ2) is 18.3. The van der Waals surface area contributed by atoms with Gasteiger partial charge in [0.1, 0.15) is 5.56 Å². The van der Waals surface area contributed by atoms with Crippen LogP contribution in [0.1, 0.15) is 66.6 Å². The number of halogens is 1. The molecule has 5 rings (SSSR count). The fraction of sp³-hybridized carbons (Fsp3) is 0.400. The Morgan fingerprint density at radius 1 is 0.942 bits per heavy atom. The Morgan fingerprint density at radius 3 is 2.37 bits per heavy atom. The molecule has 11 nitrogen and oxygen atoms in total. The Hall–Kier alpha value is -5.23. The maximum Gasteiger partial charge on any atom is 0.262 e. The minimum absolute atomic E-state index is 0.00147. The molecular weight excluding hydrogens is 663 g/mol. The molecule has 4 aromatic rings. The number of aryl methyl sites for hydroxylation is 2. The monoisotopic (exact) mass is 712 g/mol. The lowest BCUT2D eigenvalue weighted by molar-refractivity contribution is -0.130. The van der Waals surface area contributed by atoms with Crippen molar-refractivity contribution in [2.24, 2.45) is 0 Å². The van der Waals surface area contributed by atoms with E-state index in [4.69, 9.17) is 14.2 Å². The summed E-state index contributed by atoms with van der Waals surface area (Å²) in [7, 11) is 1.50. The van der Waals surface area contributed by atoms with Crippen LogP contribution in [0.15, 0.2) is 60.8 Å². The first-order chi connectivity index (χ1) is 25.2. The van der Waals surface area contributed by atoms with Gasteiger partial charge < -0.3 is 34.6 Å². The lowest BCUT2D eigenvalue weighted by atomic mass is 10.1. The van der Waals surface area contributed by atoms with Gasteiger partial charge in [-0.15, -0.1) is 0 Å². The van der Waals surface area contributed by atoms with Gasteiger partial charge in [0.05, 0.1) is 20.1 Å². The smallest absolute Gasteiger partial charge is 0.262 e. The topological polar surface area (TPSA) is 118 Å². The van der Waals surface area contributed by atoms with Crippen molar-refractivity contribution in [2.45, 2.75) is 59.8 Å². The summed E-state index contributed by atoms with van der Waals surface area (Å²) in [5, 5.41) is 5.98. The molecule has 0 spiro atoms. The highest BCUT2D eigenvalue weighted by molar-refractivity contribution is 6.06. The number of likely N-dealkylation sites (N-methyl/N-ethyl adjacent to an activating group) is 1. The number of ether oxygens (including phenoxy) is 3. The quantitative estimate of drug-likeness (QED) is 0.113. The molecule has 1 aromatic heterocycles. The molecule has 2 heterocycles. The first-order valence-corrected chi connectivity index (χ1v) is 18.0. The van der Waals surface area contributed by atoms with Crippen LogP contribution in [0.5, 0.6) is 23.1 Å². The molecule has 12 heteroatoms. The highest BCUT2D eigenvalue weighted by atomic mass is 19.1. The molecule has 0 radical (unpaired) electrons. The lowest BCUT2D eigenvalue weighted by Gasteiger charge is -2.26. The van der Waals surface area contributed by atoms with Crippen LogP contribution in [0.25, 0.3) is 0 Å². The molecule has 3 aromatic carbocycles. The molecule has 0 aliphatic carbocycles. The van der Waals surface area contributed by atoms with E-state index in [1.54, 1.807) is 35.2 Å². The summed E-state index contributed by atoms with van der Waals surface area (Å²) in [6, 6.07) is 15.5. The SMILES string of the molecule is CCN(CC)C(=O)Cc1ccc(Oc2nc(Nc3ccc(OCCCN4CCCCC4)c(F)c3)ncc2C(=O)Nc2c(C)cccc2C)c(OC)c1. The van der Waals surface area contributed by atoms with Crippen molar-refractivity contribution < 1.29 is 28.2 Å². The van der Waals surface area contributed by atoms with E-state index in [-0.39, 0.29) is 41.2 Å². The fourth-order valence-corrected chi connectivity index (χ4v) is 6.20. The second-order valence-corrected chi connectivity index (χ2v) is 12.8. The summed E-state index contributed by atoms with van der Waals surface area (Å²) in [5.41, 5.74) is 3.65. The molecule has 2 N–H and O–H groups in total. The molecule has 1 fully saturated rings. The number of rotatable bonds is 16. The van der Waals surface area contributed by atoms with Gasteiger partial charge in [-0.25, -0.2) is 9.37 Å². The maximum absolute atomic E-state index is 15.1. The standard InChI is InChI=1S/C40H49FN6O5/c1-6-47(7-2)36(48)24-29-15-17-34(35(23-29)50-5)52-39-31(38(49)44-37-27(3)13-11-14-28(37)4)26-42-40(45-39)43-30-16-18-33(32(41)25-30)51-22-12-21-46-19-9-8-10-20-46/h11,13-18,23,25-26H,6-10,12,19-22,24H2,1-5H3,(H,44,49)(H,42,43,45). The summed E-state index contributed by atoms with van der Waals surface area (Å²) in [4.78, 5) is 39.6. The van der Waals surface area contributed by atoms with Crippen LogP contribution in [0, 0.1) is 19.7 Å². The van der Waals surface area contributed by atoms with Crippen LogP contribution in [-0.4, -0.2) is 78.0 Å². The Morgan fingerprint density at radius 2 is 1.67 bits per heavy atom. The average Bonchev–Trinajstić information content (AvgIpc) is 3.14. The number of piperidine rings is 1. The predicted molar refractivity (Wildman–Crippen MR) is 201 cm³/mol. The van der Waals surface area contributed by atoms with Gasteiger partial charge in [-0.05, 0) is 101 Å². The number of nitrogens with zero attached hydrogens (tertiary/aromatic N) is 4. The normalized spacial score (nSPS) is 13.0. The van der Waals surface area contributed by atoms with Gasteiger partial charge in [-0.1, -0.05) is 30.7 Å². The third-order valence-electron chi connectivity index (χ3n) is 9.14. The van der Waals surface area contributed by atoms with E-state index in [2.05, 4.69) is 25.5 Å². The number of amides is 2. The Bertz CT molecular complexity index is 1820. The van der Waals surface area contributed by atoms with Crippen molar-refractivity contribution in [1.82, 2.24) is 19.8 Å². The van der Waals surface area contributed by atoms with Crippen molar-refractivity contribution in [3.63, 3.8) is 0 Å². The van der Waals surface area contributed by atoms with Crippen LogP contribution in [0.3, 0.4) is 0 Å². The average molecular weight is 713 g/mol. The molecule has 52 heavy (non-hydrogen) atoms. The van der Waals surface area contributed by atoms with E-state index in [9.17, 15) is 9.59 Å². The van der Waals surface area contributed by atoms with Gasteiger partial charge in [0.2, 0.25) is 17.7 Å². The zero-order valence-corrected chi connectivity index (χ0v) is 30.8. The van der Waals surface area contributed by atoms with E-state index in [1.807, 2.05) is 45.9 Å². The fourth-order valence-electron chi connectivity index (χ4n) is 6.20. The molecule has 0 atom stereocenters. The number of hydrogen-bond acceptors (Lipinski definition) is 9. The van der Waals surface area contributed by atoms with Gasteiger partial charge in [0.15, 0.2) is 23.1 Å². The van der Waals surface area contributed by atoms with E-state index >= 15 is 4.39 Å². The summed E-state index contributed by atoms with van der Waals surface area (Å²) >= 11 is 0. The molecule has 0 bridgehead atoms. The minimum Gasteiger partial charge on any atom is -0.493 e. The largest absolute Gasteiger partial charge is 0.493 e. The summed E-state index contributed by atoms with van der Waals surface area (Å²) in [6.07, 6.45) is 6.12. The van der Waals surface area contributed by atoms with Crippen LogP contribution >= 0.6 is 0 Å². The van der Waals surface area contributed by atoms with Gasteiger partial charge in [0, 0.05) is 43.3 Å². The number of hydrogen-bond donors (Lipinski definition) is 2. The third-order valence-corrected chi connectivity index (χ3v) is 9.14. The Labute approximate surface area is 305 Å². The number of benzene rings is 3. The number of aromatic nitrogens is 2. The van der Waals surface area contributed by atoms with Gasteiger partial charge in [-0.2, -0.15) is 4.98 Å². The van der Waals surface area contributed by atoms with Gasteiger partial charge >= 0.3 is 0 Å². The second-order valence-electron chi connectivity index (χ2n) is 12.8. The highest BCUT2D eigenvalue weighted by Gasteiger charge is 2.21. The highest BCUT2D eigenvalue weighted by Crippen LogP contribution is 2.35. The first kappa shape index (κ1) is 38.0. The van der Waals surface area contributed by atoms with Crippen molar-refractivity contribution in [2.75, 3.05) is 57.1 Å². The van der Waals surface area contributed by atoms with Crippen LogP contribution in [-0.2, 0) is 11.2 Å². The molecule has 1 aliphatic heterocycles. The van der Waals surface area contributed by atoms with E-state index < -0.39 is 11.7 Å². The zero-order chi connectivity index (χ0) is 37.0. The number of para-hydroxylation sites is 1. The number of anilines is 3. The molecule has 1 aliphatic rings. The number of nitrogens with one attached hydrogen (secondary N) is 2. The van der Waals surface area contributed by atoms with E-state index in [1.165, 1.54) is 38.6 Å². The summed E-state index contributed by atoms with van der Waals surface area (Å²) < 4.78 is 32.7. The number of methoxy groups -OCH3 is 1. The van der Waals surface area contributed by atoms with Gasteiger partial charge in [0.25, 0.3) is 5.91 Å². The molecule has 2 amide bonds. The molecular formula is C40H49FN6O5. The molecule has 1 saturated heterocycles. The lowest BCUT2D eigenvalue weighted by Crippen LogP contribution is -2.31. The number of carbonyl (C=O) groups excluding carboxylic acids is 2. The van der Waals surface area contributed by atoms with Crippen LogP contribution in [0.4, 0.5) is 21.7 Å². The predicted octanol–water partition coefficient (Wildman–Crippen LogP) is 7.70. The third kappa shape index (κ3) is 9.97. The van der Waals surface area contributed by atoms with Crippen molar-refractivity contribution >= 4 is 29.1 Å². The maximum atomic E-state index is 15.1. The van der Waals surface area contributed by atoms with Crippen LogP contribution in [0.2, 0.25) is 0 Å². The van der Waals surface area contributed by atoms with E-state index in [0.29, 0.717) is 36.8 Å². The van der Waals surface area contributed by atoms with Crippen molar-refractivity contribution in [1.29, 1.82) is 0 Å².